The van der Waals surface area contributed by atoms with Crippen molar-refractivity contribution in [3.05, 3.63) is 0 Å². The van der Waals surface area contributed by atoms with Crippen LogP contribution in [0.25, 0.3) is 0 Å². The molecule has 3 fully saturated rings. The first kappa shape index (κ1) is 15.3. The van der Waals surface area contributed by atoms with Crippen molar-refractivity contribution >= 4 is 5.91 Å². The standard InChI is InChI=1S/C17H31N3O/c1-20-7-5-12(6-8-20)11-19-17(21)15-9-13-3-2-4-14(10-15)16(13)18/h12-16H,2-11,18H2,1H3,(H,19,21). The second-order valence-corrected chi connectivity index (χ2v) is 7.69. The highest BCUT2D eigenvalue weighted by molar-refractivity contribution is 5.78. The summed E-state index contributed by atoms with van der Waals surface area (Å²) in [6, 6.07) is 0.358. The number of hydrogen-bond acceptors (Lipinski definition) is 3. The van der Waals surface area contributed by atoms with Gasteiger partial charge in [-0.25, -0.2) is 0 Å². The molecule has 4 nitrogen and oxygen atoms in total. The molecular weight excluding hydrogens is 262 g/mol. The summed E-state index contributed by atoms with van der Waals surface area (Å²) in [6.07, 6.45) is 8.27. The number of piperidine rings is 1. The number of nitrogens with two attached hydrogens (primary N) is 1. The van der Waals surface area contributed by atoms with Crippen LogP contribution in [0.2, 0.25) is 0 Å². The molecule has 2 aliphatic carbocycles. The number of nitrogens with zero attached hydrogens (tertiary/aromatic N) is 1. The Morgan fingerprint density at radius 1 is 1.14 bits per heavy atom. The zero-order chi connectivity index (χ0) is 14.8. The smallest absolute Gasteiger partial charge is 0.223 e. The Morgan fingerprint density at radius 2 is 1.76 bits per heavy atom. The number of fused-ring (bicyclic) bond motifs is 2. The zero-order valence-corrected chi connectivity index (χ0v) is 13.4. The number of carbonyl (C=O) groups is 1. The van der Waals surface area contributed by atoms with E-state index in [4.69, 9.17) is 5.73 Å². The number of hydrogen-bond donors (Lipinski definition) is 2. The fourth-order valence-electron chi connectivity index (χ4n) is 4.66. The molecule has 0 aromatic carbocycles. The maximum atomic E-state index is 12.5. The fraction of sp³-hybridized carbons (Fsp3) is 0.941. The van der Waals surface area contributed by atoms with Crippen LogP contribution in [-0.4, -0.2) is 43.5 Å². The molecule has 0 aromatic heterocycles. The summed E-state index contributed by atoms with van der Waals surface area (Å²) in [6.45, 7) is 3.22. The Labute approximate surface area is 128 Å². The average Bonchev–Trinajstić information content (AvgIpc) is 2.46. The van der Waals surface area contributed by atoms with E-state index >= 15 is 0 Å². The van der Waals surface area contributed by atoms with Crippen LogP contribution in [0, 0.1) is 23.7 Å². The van der Waals surface area contributed by atoms with Gasteiger partial charge in [0.2, 0.25) is 5.91 Å². The van der Waals surface area contributed by atoms with Crippen LogP contribution in [0.5, 0.6) is 0 Å². The molecule has 4 heteroatoms. The van der Waals surface area contributed by atoms with E-state index in [1.54, 1.807) is 0 Å². The lowest BCUT2D eigenvalue weighted by atomic mass is 9.65. The van der Waals surface area contributed by atoms with Crippen LogP contribution >= 0.6 is 0 Å². The monoisotopic (exact) mass is 293 g/mol. The van der Waals surface area contributed by atoms with E-state index in [0.717, 1.165) is 19.4 Å². The van der Waals surface area contributed by atoms with Gasteiger partial charge in [-0.1, -0.05) is 6.42 Å². The molecule has 2 bridgehead atoms. The Morgan fingerprint density at radius 3 is 2.38 bits per heavy atom. The molecule has 2 saturated carbocycles. The van der Waals surface area contributed by atoms with Crippen LogP contribution in [-0.2, 0) is 4.79 Å². The molecule has 2 unspecified atom stereocenters. The summed E-state index contributed by atoms with van der Waals surface area (Å²) in [5.74, 6) is 2.40. The lowest BCUT2D eigenvalue weighted by Gasteiger charge is -2.43. The highest BCUT2D eigenvalue weighted by Crippen LogP contribution is 2.41. The number of nitrogens with one attached hydrogen (secondary N) is 1. The molecule has 1 amide bonds. The molecule has 1 saturated heterocycles. The molecule has 3 N–H and O–H groups in total. The summed E-state index contributed by atoms with van der Waals surface area (Å²) in [4.78, 5) is 14.9. The predicted octanol–water partition coefficient (Wildman–Crippen LogP) is 1.60. The van der Waals surface area contributed by atoms with Gasteiger partial charge in [0.15, 0.2) is 0 Å². The van der Waals surface area contributed by atoms with Crippen LogP contribution in [0.4, 0.5) is 0 Å². The van der Waals surface area contributed by atoms with Crippen LogP contribution < -0.4 is 11.1 Å². The molecule has 0 aromatic rings. The van der Waals surface area contributed by atoms with Gasteiger partial charge in [0.1, 0.15) is 0 Å². The second-order valence-electron chi connectivity index (χ2n) is 7.69. The van der Waals surface area contributed by atoms with Gasteiger partial charge < -0.3 is 16.0 Å². The Bertz CT molecular complexity index is 351. The number of likely N-dealkylation sites (tertiary alicyclic amines) is 1. The highest BCUT2D eigenvalue weighted by Gasteiger charge is 2.40. The van der Waals surface area contributed by atoms with E-state index in [9.17, 15) is 4.79 Å². The van der Waals surface area contributed by atoms with Crippen molar-refractivity contribution in [3.8, 4) is 0 Å². The third-order valence-corrected chi connectivity index (χ3v) is 6.19. The minimum absolute atomic E-state index is 0.228. The van der Waals surface area contributed by atoms with Crippen LogP contribution in [0.1, 0.15) is 44.9 Å². The Balaban J connectivity index is 1.45. The third-order valence-electron chi connectivity index (χ3n) is 6.19. The molecule has 0 spiro atoms. The molecule has 1 aliphatic heterocycles. The van der Waals surface area contributed by atoms with Gasteiger partial charge in [-0.15, -0.1) is 0 Å². The van der Waals surface area contributed by atoms with E-state index in [2.05, 4.69) is 17.3 Å². The van der Waals surface area contributed by atoms with E-state index in [1.165, 1.54) is 45.2 Å². The SMILES string of the molecule is CN1CCC(CNC(=O)C2CC3CCCC(C2)C3N)CC1. The lowest BCUT2D eigenvalue weighted by molar-refractivity contribution is -0.128. The van der Waals surface area contributed by atoms with E-state index < -0.39 is 0 Å². The third kappa shape index (κ3) is 3.59. The summed E-state index contributed by atoms with van der Waals surface area (Å²) in [7, 11) is 2.18. The first-order chi connectivity index (χ1) is 10.1. The number of rotatable bonds is 3. The van der Waals surface area contributed by atoms with Crippen molar-refractivity contribution in [1.82, 2.24) is 10.2 Å². The Hall–Kier alpha value is -0.610. The number of carbonyl (C=O) groups excluding carboxylic acids is 1. The van der Waals surface area contributed by atoms with Crippen molar-refractivity contribution in [1.29, 1.82) is 0 Å². The second kappa shape index (κ2) is 6.66. The maximum Gasteiger partial charge on any atom is 0.223 e. The molecule has 21 heavy (non-hydrogen) atoms. The van der Waals surface area contributed by atoms with Crippen molar-refractivity contribution in [2.45, 2.75) is 51.0 Å². The zero-order valence-electron chi connectivity index (χ0n) is 13.4. The van der Waals surface area contributed by atoms with Crippen molar-refractivity contribution in [3.63, 3.8) is 0 Å². The summed E-state index contributed by atoms with van der Waals surface area (Å²) >= 11 is 0. The Kier molecular flexibility index (Phi) is 4.85. The van der Waals surface area contributed by atoms with Crippen molar-refractivity contribution in [2.75, 3.05) is 26.7 Å². The predicted molar refractivity (Wildman–Crippen MR) is 84.8 cm³/mol. The highest BCUT2D eigenvalue weighted by atomic mass is 16.1. The van der Waals surface area contributed by atoms with Crippen LogP contribution in [0.3, 0.4) is 0 Å². The van der Waals surface area contributed by atoms with Gasteiger partial charge in [-0.05, 0) is 76.4 Å². The molecule has 1 heterocycles. The van der Waals surface area contributed by atoms with Gasteiger partial charge in [0.05, 0.1) is 0 Å². The van der Waals surface area contributed by atoms with Crippen LogP contribution in [0.15, 0.2) is 0 Å². The first-order valence-electron chi connectivity index (χ1n) is 8.85. The molecule has 120 valence electrons. The first-order valence-corrected chi connectivity index (χ1v) is 8.85. The van der Waals surface area contributed by atoms with E-state index in [-0.39, 0.29) is 5.92 Å². The van der Waals surface area contributed by atoms with Crippen molar-refractivity contribution in [2.24, 2.45) is 29.4 Å². The van der Waals surface area contributed by atoms with Gasteiger partial charge >= 0.3 is 0 Å². The minimum Gasteiger partial charge on any atom is -0.356 e. The molecular formula is C17H31N3O. The van der Waals surface area contributed by atoms with Gasteiger partial charge in [-0.3, -0.25) is 4.79 Å². The summed E-state index contributed by atoms with van der Waals surface area (Å²) < 4.78 is 0. The van der Waals surface area contributed by atoms with Gasteiger partial charge in [0, 0.05) is 18.5 Å². The van der Waals surface area contributed by atoms with Gasteiger partial charge in [0.25, 0.3) is 0 Å². The molecule has 3 rings (SSSR count). The van der Waals surface area contributed by atoms with E-state index in [0.29, 0.717) is 29.7 Å². The normalized spacial score (nSPS) is 38.2. The molecule has 2 atom stereocenters. The quantitative estimate of drug-likeness (QED) is 0.831. The topological polar surface area (TPSA) is 58.4 Å². The lowest BCUT2D eigenvalue weighted by Crippen LogP contribution is -2.49. The number of amides is 1. The molecule has 0 radical (unpaired) electrons. The average molecular weight is 293 g/mol. The van der Waals surface area contributed by atoms with E-state index in [1.807, 2.05) is 0 Å². The largest absolute Gasteiger partial charge is 0.356 e. The van der Waals surface area contributed by atoms with Gasteiger partial charge in [-0.2, -0.15) is 0 Å². The minimum atomic E-state index is 0.228. The molecule has 3 aliphatic rings. The summed E-state index contributed by atoms with van der Waals surface area (Å²) in [5.41, 5.74) is 6.31. The van der Waals surface area contributed by atoms with Crippen molar-refractivity contribution < 1.29 is 4.79 Å². The summed E-state index contributed by atoms with van der Waals surface area (Å²) in [5, 5.41) is 3.24. The fourth-order valence-corrected chi connectivity index (χ4v) is 4.66. The maximum absolute atomic E-state index is 12.5.